The Hall–Kier alpha value is -3.61. The van der Waals surface area contributed by atoms with Crippen molar-refractivity contribution in [1.82, 2.24) is 26.2 Å². The van der Waals surface area contributed by atoms with Gasteiger partial charge in [0.1, 0.15) is 17.7 Å². The predicted molar refractivity (Wildman–Crippen MR) is 125 cm³/mol. The van der Waals surface area contributed by atoms with Gasteiger partial charge in [0.05, 0.1) is 12.5 Å². The van der Waals surface area contributed by atoms with Gasteiger partial charge in [0, 0.05) is 13.5 Å². The lowest BCUT2D eigenvalue weighted by Gasteiger charge is -2.28. The van der Waals surface area contributed by atoms with Crippen molar-refractivity contribution in [3.63, 3.8) is 0 Å². The number of carboxylic acids is 1. The van der Waals surface area contributed by atoms with Crippen LogP contribution >= 0.6 is 12.2 Å². The van der Waals surface area contributed by atoms with Crippen molar-refractivity contribution < 1.29 is 33.9 Å². The molecule has 2 unspecified atom stereocenters. The highest BCUT2D eigenvalue weighted by molar-refractivity contribution is 7.80. The first-order valence-corrected chi connectivity index (χ1v) is 10.8. The summed E-state index contributed by atoms with van der Waals surface area (Å²) in [6.45, 7) is 9.58. The molecule has 0 saturated carbocycles. The van der Waals surface area contributed by atoms with Gasteiger partial charge < -0.3 is 21.1 Å². The number of carbonyl (C=O) groups is 6. The summed E-state index contributed by atoms with van der Waals surface area (Å²) in [6, 6.07) is -3.24. The Kier molecular flexibility index (Phi) is 10.5. The van der Waals surface area contributed by atoms with Crippen molar-refractivity contribution >= 4 is 52.8 Å². The molecule has 1 aliphatic heterocycles. The first-order chi connectivity index (χ1) is 15.8. The molecule has 0 aliphatic carbocycles. The Morgan fingerprint density at radius 3 is 2.24 bits per heavy atom. The average molecular weight is 496 g/mol. The topological polar surface area (TPSA) is 174 Å². The molecular formula is C21H29N5O7S. The molecular weight excluding hydrogens is 466 g/mol. The Morgan fingerprint density at radius 1 is 1.12 bits per heavy atom. The highest BCUT2D eigenvalue weighted by Gasteiger charge is 2.34. The van der Waals surface area contributed by atoms with E-state index in [0.717, 1.165) is 11.0 Å². The van der Waals surface area contributed by atoms with E-state index in [4.69, 9.17) is 12.2 Å². The van der Waals surface area contributed by atoms with E-state index in [-0.39, 0.29) is 17.6 Å². The van der Waals surface area contributed by atoms with Gasteiger partial charge in [-0.05, 0) is 31.1 Å². The van der Waals surface area contributed by atoms with Crippen LogP contribution in [-0.4, -0.2) is 75.3 Å². The standard InChI is InChI=1S/C21H29N5O7S/c1-6-7-26-20(33)14(18(31)25-21(26)34)8-13(9-15(28)29)24-17(30)11(4)22-19(32)16(10(2)3)23-12(5)27/h6,8,10-11,13,16H,1,7,9H2,2-5H3,(H,22,32)(H,23,27)(H,24,30)(H,28,29)(H,25,31,34)/b14-8-/t11?,13-,16?/m1/s1. The number of nitrogens with one attached hydrogen (secondary N) is 4. The molecule has 12 nitrogen and oxygen atoms in total. The lowest BCUT2D eigenvalue weighted by molar-refractivity contribution is -0.138. The van der Waals surface area contributed by atoms with Crippen LogP contribution in [0.5, 0.6) is 0 Å². The Morgan fingerprint density at radius 2 is 1.74 bits per heavy atom. The highest BCUT2D eigenvalue weighted by Crippen LogP contribution is 2.12. The number of thiocarbonyl (C=S) groups is 1. The van der Waals surface area contributed by atoms with Crippen LogP contribution in [0.25, 0.3) is 0 Å². The highest BCUT2D eigenvalue weighted by atomic mass is 32.1. The number of amides is 5. The molecule has 1 aliphatic rings. The zero-order valence-electron chi connectivity index (χ0n) is 19.3. The Labute approximate surface area is 202 Å². The summed E-state index contributed by atoms with van der Waals surface area (Å²) in [6.07, 6.45) is 1.79. The van der Waals surface area contributed by atoms with Gasteiger partial charge in [0.25, 0.3) is 11.8 Å². The molecule has 5 N–H and O–H groups in total. The van der Waals surface area contributed by atoms with Crippen molar-refractivity contribution in [2.24, 2.45) is 5.92 Å². The van der Waals surface area contributed by atoms with Crippen LogP contribution in [0, 0.1) is 5.92 Å². The predicted octanol–water partition coefficient (Wildman–Crippen LogP) is -1.03. The first-order valence-electron chi connectivity index (χ1n) is 10.4. The SMILES string of the molecule is C=CCN1C(=O)/C(=C\[C@H](CC(=O)O)NC(=O)C(C)NC(=O)C(NC(C)=O)C(C)C)C(=O)NC1=S. The van der Waals surface area contributed by atoms with Gasteiger partial charge in [-0.1, -0.05) is 19.9 Å². The van der Waals surface area contributed by atoms with E-state index in [2.05, 4.69) is 27.8 Å². The van der Waals surface area contributed by atoms with Gasteiger partial charge >= 0.3 is 5.97 Å². The lowest BCUT2D eigenvalue weighted by atomic mass is 10.0. The monoisotopic (exact) mass is 495 g/mol. The number of aliphatic carboxylic acids is 1. The maximum atomic E-state index is 12.7. The van der Waals surface area contributed by atoms with Gasteiger partial charge in [-0.15, -0.1) is 6.58 Å². The number of nitrogens with zero attached hydrogens (tertiary/aromatic N) is 1. The Balaban J connectivity index is 3.05. The van der Waals surface area contributed by atoms with E-state index in [1.165, 1.54) is 19.9 Å². The lowest BCUT2D eigenvalue weighted by Crippen LogP contribution is -2.56. The molecule has 0 radical (unpaired) electrons. The van der Waals surface area contributed by atoms with Crippen LogP contribution in [0.4, 0.5) is 0 Å². The molecule has 0 spiro atoms. The molecule has 0 aromatic heterocycles. The quantitative estimate of drug-likeness (QED) is 0.105. The van der Waals surface area contributed by atoms with Crippen molar-refractivity contribution in [2.75, 3.05) is 6.54 Å². The summed E-state index contributed by atoms with van der Waals surface area (Å²) in [7, 11) is 0. The molecule has 1 rings (SSSR count). The second-order valence-corrected chi connectivity index (χ2v) is 8.30. The zero-order valence-corrected chi connectivity index (χ0v) is 20.2. The van der Waals surface area contributed by atoms with Crippen LogP contribution in [0.15, 0.2) is 24.3 Å². The van der Waals surface area contributed by atoms with Gasteiger partial charge in [-0.25, -0.2) is 0 Å². The van der Waals surface area contributed by atoms with Crippen LogP contribution in [-0.2, 0) is 28.8 Å². The third-order valence-corrected chi connectivity index (χ3v) is 4.97. The molecule has 34 heavy (non-hydrogen) atoms. The van der Waals surface area contributed by atoms with Gasteiger partial charge in [0.15, 0.2) is 5.11 Å². The van der Waals surface area contributed by atoms with Crippen LogP contribution < -0.4 is 21.3 Å². The average Bonchev–Trinajstić information content (AvgIpc) is 2.71. The summed E-state index contributed by atoms with van der Waals surface area (Å²) in [4.78, 5) is 73.8. The van der Waals surface area contributed by atoms with E-state index in [1.54, 1.807) is 13.8 Å². The van der Waals surface area contributed by atoms with Crippen LogP contribution in [0.1, 0.15) is 34.1 Å². The number of carboxylic acid groups (broad SMARTS) is 1. The minimum Gasteiger partial charge on any atom is -0.481 e. The van der Waals surface area contributed by atoms with Gasteiger partial charge in [0.2, 0.25) is 17.7 Å². The summed E-state index contributed by atoms with van der Waals surface area (Å²) in [5.74, 6) is -4.94. The van der Waals surface area contributed by atoms with Crippen molar-refractivity contribution in [3.8, 4) is 0 Å². The summed E-state index contributed by atoms with van der Waals surface area (Å²) in [5.41, 5.74) is -0.399. The molecule has 0 aromatic carbocycles. The Bertz CT molecular complexity index is 930. The number of hydrogen-bond donors (Lipinski definition) is 5. The summed E-state index contributed by atoms with van der Waals surface area (Å²) >= 11 is 4.96. The third kappa shape index (κ3) is 8.06. The normalized spacial score (nSPS) is 17.5. The van der Waals surface area contributed by atoms with E-state index < -0.39 is 65.6 Å². The first kappa shape index (κ1) is 28.4. The minimum atomic E-state index is -1.30. The third-order valence-electron chi connectivity index (χ3n) is 4.65. The molecule has 1 heterocycles. The number of hydrogen-bond acceptors (Lipinski definition) is 7. The van der Waals surface area contributed by atoms with E-state index in [9.17, 15) is 33.9 Å². The molecule has 1 saturated heterocycles. The minimum absolute atomic E-state index is 0.0135. The fraction of sp³-hybridized carbons (Fsp3) is 0.476. The maximum Gasteiger partial charge on any atom is 0.305 e. The molecule has 13 heteroatoms. The summed E-state index contributed by atoms with van der Waals surface area (Å²) < 4.78 is 0. The largest absolute Gasteiger partial charge is 0.481 e. The van der Waals surface area contributed by atoms with E-state index in [1.807, 2.05) is 0 Å². The van der Waals surface area contributed by atoms with Crippen LogP contribution in [0.3, 0.4) is 0 Å². The molecule has 0 aromatic rings. The molecule has 5 amide bonds. The second kappa shape index (κ2) is 12.6. The van der Waals surface area contributed by atoms with Gasteiger partial charge in [-0.2, -0.15) is 0 Å². The molecule has 0 bridgehead atoms. The van der Waals surface area contributed by atoms with Crippen molar-refractivity contribution in [1.29, 1.82) is 0 Å². The fourth-order valence-electron chi connectivity index (χ4n) is 2.98. The molecule has 3 atom stereocenters. The molecule has 1 fully saturated rings. The van der Waals surface area contributed by atoms with Crippen LogP contribution in [0.2, 0.25) is 0 Å². The van der Waals surface area contributed by atoms with E-state index >= 15 is 0 Å². The molecule has 186 valence electrons. The zero-order chi connectivity index (χ0) is 26.2. The van der Waals surface area contributed by atoms with Crippen molar-refractivity contribution in [2.45, 2.75) is 52.2 Å². The van der Waals surface area contributed by atoms with E-state index in [0.29, 0.717) is 0 Å². The number of rotatable bonds is 11. The van der Waals surface area contributed by atoms with Crippen molar-refractivity contribution in [3.05, 3.63) is 24.3 Å². The van der Waals surface area contributed by atoms with Gasteiger partial charge in [-0.3, -0.25) is 39.0 Å². The fourth-order valence-corrected chi connectivity index (χ4v) is 3.23. The summed E-state index contributed by atoms with van der Waals surface area (Å²) in [5, 5.41) is 18.8. The second-order valence-electron chi connectivity index (χ2n) is 7.91. The smallest absolute Gasteiger partial charge is 0.305 e. The number of carbonyl (C=O) groups excluding carboxylic acids is 5. The maximum absolute atomic E-state index is 12.7.